The third-order valence-corrected chi connectivity index (χ3v) is 3.09. The van der Waals surface area contributed by atoms with Gasteiger partial charge in [0.1, 0.15) is 12.2 Å². The van der Waals surface area contributed by atoms with Gasteiger partial charge in [0.05, 0.1) is 16.6 Å². The van der Waals surface area contributed by atoms with E-state index in [0.717, 1.165) is 0 Å². The van der Waals surface area contributed by atoms with Crippen molar-refractivity contribution >= 4 is 22.6 Å². The summed E-state index contributed by atoms with van der Waals surface area (Å²) in [5, 5.41) is 27.1. The summed E-state index contributed by atoms with van der Waals surface area (Å²) in [5.74, 6) is 0. The Balaban J connectivity index is 2.63. The van der Waals surface area contributed by atoms with Gasteiger partial charge in [-0.1, -0.05) is 22.6 Å². The van der Waals surface area contributed by atoms with Gasteiger partial charge in [-0.3, -0.25) is 0 Å². The molecule has 0 radical (unpaired) electrons. The molecule has 0 aromatic carbocycles. The Bertz CT molecular complexity index is 154. The van der Waals surface area contributed by atoms with Gasteiger partial charge in [-0.05, 0) is 0 Å². The number of alkyl halides is 2. The quantitative estimate of drug-likeness (QED) is 0.437. The van der Waals surface area contributed by atoms with Crippen LogP contribution in [0.1, 0.15) is 0 Å². The van der Waals surface area contributed by atoms with Crippen molar-refractivity contribution in [2.75, 3.05) is 6.61 Å². The molecule has 0 saturated carbocycles. The lowest BCUT2D eigenvalue weighted by Crippen LogP contribution is -2.55. The summed E-state index contributed by atoms with van der Waals surface area (Å²) in [6, 6.07) is 0. The van der Waals surface area contributed by atoms with E-state index in [1.807, 2.05) is 0 Å². The molecule has 5 atom stereocenters. The Morgan fingerprint density at radius 1 is 1.33 bits per heavy atom. The predicted molar refractivity (Wildman–Crippen MR) is 46.7 cm³/mol. The topological polar surface area (TPSA) is 69.9 Å². The van der Waals surface area contributed by atoms with E-state index >= 15 is 0 Å². The Labute approximate surface area is 82.5 Å². The minimum atomic E-state index is -1.64. The molecule has 0 aromatic heterocycles. The molecular formula is C6H10FIO4. The normalized spacial score (nSPS) is 49.2. The highest BCUT2D eigenvalue weighted by Gasteiger charge is 2.42. The Morgan fingerprint density at radius 3 is 2.42 bits per heavy atom. The molecule has 72 valence electrons. The largest absolute Gasteiger partial charge is 0.394 e. The maximum Gasteiger partial charge on any atom is 0.213 e. The second-order valence-corrected chi connectivity index (χ2v) is 4.07. The molecule has 6 heteroatoms. The molecule has 0 aromatic rings. The zero-order chi connectivity index (χ0) is 9.30. The Morgan fingerprint density at radius 2 is 1.92 bits per heavy atom. The molecule has 0 amide bonds. The molecular weight excluding hydrogens is 282 g/mol. The first kappa shape index (κ1) is 10.6. The fourth-order valence-corrected chi connectivity index (χ4v) is 1.63. The van der Waals surface area contributed by atoms with E-state index in [1.165, 1.54) is 0 Å². The van der Waals surface area contributed by atoms with Crippen molar-refractivity contribution in [1.82, 2.24) is 0 Å². The first-order valence-corrected chi connectivity index (χ1v) is 4.73. The molecule has 1 heterocycles. The second kappa shape index (κ2) is 4.14. The summed E-state index contributed by atoms with van der Waals surface area (Å²) in [7, 11) is 0. The third-order valence-electron chi connectivity index (χ3n) is 1.79. The molecule has 0 bridgehead atoms. The van der Waals surface area contributed by atoms with Crippen molar-refractivity contribution in [3.05, 3.63) is 0 Å². The number of halogens is 2. The monoisotopic (exact) mass is 292 g/mol. The maximum absolute atomic E-state index is 12.8. The molecule has 4 nitrogen and oxygen atoms in total. The number of hydrogen-bond donors (Lipinski definition) is 3. The van der Waals surface area contributed by atoms with Crippen LogP contribution in [-0.2, 0) is 4.74 Å². The SMILES string of the molecule is OC[C@H]1O[C@H](F)[C@H](I)[C@@H](O)[C@@H]1O. The molecule has 0 unspecified atom stereocenters. The number of rotatable bonds is 1. The number of aliphatic hydroxyl groups is 3. The molecule has 1 aliphatic heterocycles. The van der Waals surface area contributed by atoms with Gasteiger partial charge in [-0.2, -0.15) is 0 Å². The molecule has 0 aliphatic carbocycles. The molecule has 3 N–H and O–H groups in total. The fraction of sp³-hybridized carbons (Fsp3) is 1.00. The van der Waals surface area contributed by atoms with Crippen LogP contribution in [0.4, 0.5) is 4.39 Å². The van der Waals surface area contributed by atoms with E-state index in [0.29, 0.717) is 0 Å². The van der Waals surface area contributed by atoms with Gasteiger partial charge in [0.2, 0.25) is 6.36 Å². The zero-order valence-corrected chi connectivity index (χ0v) is 8.26. The van der Waals surface area contributed by atoms with Crippen LogP contribution in [0.15, 0.2) is 0 Å². The average molecular weight is 292 g/mol. The lowest BCUT2D eigenvalue weighted by Gasteiger charge is -2.36. The van der Waals surface area contributed by atoms with Crippen LogP contribution in [0.3, 0.4) is 0 Å². The number of ether oxygens (including phenoxy) is 1. The minimum Gasteiger partial charge on any atom is -0.394 e. The lowest BCUT2D eigenvalue weighted by molar-refractivity contribution is -0.206. The van der Waals surface area contributed by atoms with Crippen molar-refractivity contribution < 1.29 is 24.4 Å². The van der Waals surface area contributed by atoms with Crippen LogP contribution in [0.5, 0.6) is 0 Å². The van der Waals surface area contributed by atoms with Crippen LogP contribution >= 0.6 is 22.6 Å². The molecule has 1 saturated heterocycles. The van der Waals surface area contributed by atoms with Crippen LogP contribution in [0.2, 0.25) is 0 Å². The summed E-state index contributed by atoms with van der Waals surface area (Å²) in [5.41, 5.74) is 0. The summed E-state index contributed by atoms with van der Waals surface area (Å²) in [6.07, 6.45) is -5.07. The van der Waals surface area contributed by atoms with Crippen molar-refractivity contribution in [2.45, 2.75) is 28.6 Å². The smallest absolute Gasteiger partial charge is 0.213 e. The van der Waals surface area contributed by atoms with Gasteiger partial charge in [-0.15, -0.1) is 0 Å². The van der Waals surface area contributed by atoms with E-state index in [9.17, 15) is 14.6 Å². The van der Waals surface area contributed by atoms with Gasteiger partial charge in [0, 0.05) is 0 Å². The first-order chi connectivity index (χ1) is 5.57. The molecule has 1 aliphatic rings. The zero-order valence-electron chi connectivity index (χ0n) is 6.10. The summed E-state index contributed by atoms with van der Waals surface area (Å²) in [4.78, 5) is 0. The van der Waals surface area contributed by atoms with Crippen molar-refractivity contribution in [3.63, 3.8) is 0 Å². The highest BCUT2D eigenvalue weighted by molar-refractivity contribution is 14.1. The van der Waals surface area contributed by atoms with Crippen LogP contribution < -0.4 is 0 Å². The highest BCUT2D eigenvalue weighted by atomic mass is 127. The van der Waals surface area contributed by atoms with Gasteiger partial charge in [0.25, 0.3) is 0 Å². The summed E-state index contributed by atoms with van der Waals surface area (Å²) < 4.78 is 16.6. The predicted octanol–water partition coefficient (Wildman–Crippen LogP) is -0.802. The van der Waals surface area contributed by atoms with Gasteiger partial charge >= 0.3 is 0 Å². The fourth-order valence-electron chi connectivity index (χ4n) is 1.04. The number of hydrogen-bond acceptors (Lipinski definition) is 4. The average Bonchev–Trinajstić information content (AvgIpc) is 2.08. The van der Waals surface area contributed by atoms with Gasteiger partial charge in [0.15, 0.2) is 0 Å². The molecule has 1 fully saturated rings. The lowest BCUT2D eigenvalue weighted by atomic mass is 10.0. The van der Waals surface area contributed by atoms with Crippen LogP contribution in [0, 0.1) is 0 Å². The van der Waals surface area contributed by atoms with Crippen molar-refractivity contribution in [3.8, 4) is 0 Å². The van der Waals surface area contributed by atoms with E-state index < -0.39 is 35.2 Å². The number of aliphatic hydroxyl groups excluding tert-OH is 3. The summed E-state index contributed by atoms with van der Waals surface area (Å²) >= 11 is 1.66. The minimum absolute atomic E-state index is 0.498. The molecule has 0 spiro atoms. The van der Waals surface area contributed by atoms with Crippen molar-refractivity contribution in [1.29, 1.82) is 0 Å². The third kappa shape index (κ3) is 1.87. The standard InChI is InChI=1S/C6H10FIO4/c7-6-3(8)5(11)4(10)2(1-9)12-6/h2-6,9-11H,1H2/t2-,3-,4-,5-,6+/m1/s1. The summed E-state index contributed by atoms with van der Waals surface area (Å²) in [6.45, 7) is -0.498. The van der Waals surface area contributed by atoms with Crippen LogP contribution in [-0.4, -0.2) is 50.5 Å². The van der Waals surface area contributed by atoms with Gasteiger partial charge in [-0.25, -0.2) is 4.39 Å². The van der Waals surface area contributed by atoms with E-state index in [2.05, 4.69) is 4.74 Å². The molecule has 1 rings (SSSR count). The Hall–Kier alpha value is 0.500. The van der Waals surface area contributed by atoms with Crippen LogP contribution in [0.25, 0.3) is 0 Å². The Kier molecular flexibility index (Phi) is 3.65. The van der Waals surface area contributed by atoms with Crippen molar-refractivity contribution in [2.24, 2.45) is 0 Å². The van der Waals surface area contributed by atoms with E-state index in [-0.39, 0.29) is 0 Å². The highest BCUT2D eigenvalue weighted by Crippen LogP contribution is 2.27. The van der Waals surface area contributed by atoms with E-state index in [1.54, 1.807) is 22.6 Å². The van der Waals surface area contributed by atoms with Gasteiger partial charge < -0.3 is 20.1 Å². The maximum atomic E-state index is 12.8. The second-order valence-electron chi connectivity index (χ2n) is 2.63. The molecule has 12 heavy (non-hydrogen) atoms. The first-order valence-electron chi connectivity index (χ1n) is 3.48. The van der Waals surface area contributed by atoms with E-state index in [4.69, 9.17) is 5.11 Å².